The molecule has 94 valence electrons. The van der Waals surface area contributed by atoms with Gasteiger partial charge in [0.1, 0.15) is 5.89 Å². The minimum atomic E-state index is -1.54. The van der Waals surface area contributed by atoms with Gasteiger partial charge in [0.05, 0.1) is 8.48 Å². The average molecular weight is 251 g/mol. The van der Waals surface area contributed by atoms with Crippen LogP contribution in [-0.4, -0.2) is 13.1 Å². The van der Waals surface area contributed by atoms with Gasteiger partial charge >= 0.3 is 5.97 Å². The Morgan fingerprint density at radius 3 is 1.95 bits per heavy atom. The van der Waals surface area contributed by atoms with Gasteiger partial charge < -0.3 is 4.74 Å². The summed E-state index contributed by atoms with van der Waals surface area (Å²) in [6.45, 7) is 0. The number of esters is 1. The van der Waals surface area contributed by atoms with Crippen molar-refractivity contribution in [3.8, 4) is 0 Å². The summed E-state index contributed by atoms with van der Waals surface area (Å²) in [4.78, 5) is 12.3. The van der Waals surface area contributed by atoms with Crippen LogP contribution in [0.1, 0.15) is 29.5 Å². The Morgan fingerprint density at radius 2 is 1.47 bits per heavy atom. The first kappa shape index (κ1) is 10.6. The maximum atomic E-state index is 12.3. The highest BCUT2D eigenvalue weighted by atomic mass is 16.5. The smallest absolute Gasteiger partial charge is 0.317 e. The molecular formula is C17H14O2. The predicted molar refractivity (Wildman–Crippen MR) is 75.7 cm³/mol. The van der Waals surface area contributed by atoms with E-state index in [2.05, 4.69) is 0 Å². The topological polar surface area (TPSA) is 26.3 Å². The van der Waals surface area contributed by atoms with E-state index in [1.807, 2.05) is 60.7 Å². The first-order valence-corrected chi connectivity index (χ1v) is 6.13. The summed E-state index contributed by atoms with van der Waals surface area (Å²) in [5.41, 5.74) is 3.02. The molecule has 0 atom stereocenters. The van der Waals surface area contributed by atoms with Crippen LogP contribution in [0.25, 0.3) is 12.2 Å². The predicted octanol–water partition coefficient (Wildman–Crippen LogP) is 3.48. The van der Waals surface area contributed by atoms with E-state index >= 15 is 0 Å². The third kappa shape index (κ3) is 1.95. The molecule has 0 aliphatic heterocycles. The minimum Gasteiger partial charge on any atom is -0.468 e. The molecule has 2 aromatic rings. The first-order chi connectivity index (χ1) is 9.67. The Kier molecular flexibility index (Phi) is 2.63. The highest BCUT2D eigenvalue weighted by Gasteiger charge is 2.28. The second-order valence-electron chi connectivity index (χ2n) is 4.37. The molecule has 0 spiro atoms. The number of fused-ring (bicyclic) bond motifs is 2. The second kappa shape index (κ2) is 4.73. The van der Waals surface area contributed by atoms with E-state index in [0.717, 1.165) is 11.1 Å². The number of carbonyl (C=O) groups excluding carboxylic acids is 1. The summed E-state index contributed by atoms with van der Waals surface area (Å²) in [5, 5.41) is 0. The van der Waals surface area contributed by atoms with Gasteiger partial charge in [0, 0.05) is 0 Å². The Labute approximate surface area is 113 Å². The van der Waals surface area contributed by atoms with Crippen LogP contribution in [0.2, 0.25) is 0 Å². The lowest BCUT2D eigenvalue weighted by Gasteiger charge is -2.17. The average Bonchev–Trinajstić information content (AvgIpc) is 2.64. The Bertz CT molecular complexity index is 654. The summed E-state index contributed by atoms with van der Waals surface area (Å²) < 4.78 is 13.7. The van der Waals surface area contributed by atoms with E-state index in [0.29, 0.717) is 11.1 Å². The van der Waals surface area contributed by atoms with E-state index < -0.39 is 11.9 Å². The lowest BCUT2D eigenvalue weighted by atomic mass is 9.88. The highest BCUT2D eigenvalue weighted by molar-refractivity contribution is 5.89. The Hall–Kier alpha value is -2.35. The molecule has 1 aliphatic carbocycles. The van der Waals surface area contributed by atoms with Crippen LogP contribution < -0.4 is 0 Å². The Balaban J connectivity index is 2.37. The number of hydrogen-bond donors (Lipinski definition) is 0. The van der Waals surface area contributed by atoms with Crippen LogP contribution in [0.4, 0.5) is 0 Å². The summed E-state index contributed by atoms with van der Waals surface area (Å²) in [6, 6.07) is 14.9. The number of benzene rings is 2. The molecular weight excluding hydrogens is 236 g/mol. The highest BCUT2D eigenvalue weighted by Crippen LogP contribution is 2.35. The molecule has 0 heterocycles. The molecule has 2 heteroatoms. The second-order valence-corrected chi connectivity index (χ2v) is 4.37. The SMILES string of the molecule is [2H]C1(C(=O)OC)c2ccccc2C=Cc2ccccc21. The zero-order chi connectivity index (χ0) is 14.2. The molecule has 0 unspecified atom stereocenters. The van der Waals surface area contributed by atoms with Crippen LogP contribution in [0.15, 0.2) is 48.5 Å². The monoisotopic (exact) mass is 251 g/mol. The minimum absolute atomic E-state index is 0.568. The fourth-order valence-electron chi connectivity index (χ4n) is 2.39. The molecule has 0 bridgehead atoms. The van der Waals surface area contributed by atoms with Gasteiger partial charge in [0.25, 0.3) is 0 Å². The molecule has 0 saturated carbocycles. The molecule has 19 heavy (non-hydrogen) atoms. The molecule has 1 aliphatic rings. The number of methoxy groups -OCH3 is 1. The van der Waals surface area contributed by atoms with Crippen molar-refractivity contribution in [2.24, 2.45) is 0 Å². The van der Waals surface area contributed by atoms with E-state index in [1.54, 1.807) is 0 Å². The van der Waals surface area contributed by atoms with E-state index in [1.165, 1.54) is 7.11 Å². The van der Waals surface area contributed by atoms with Crippen molar-refractivity contribution in [2.75, 3.05) is 7.11 Å². The summed E-state index contributed by atoms with van der Waals surface area (Å²) >= 11 is 0. The van der Waals surface area contributed by atoms with Gasteiger partial charge in [-0.25, -0.2) is 0 Å². The van der Waals surface area contributed by atoms with Gasteiger partial charge in [0.2, 0.25) is 0 Å². The largest absolute Gasteiger partial charge is 0.468 e. The van der Waals surface area contributed by atoms with Gasteiger partial charge in [-0.15, -0.1) is 0 Å². The fraction of sp³-hybridized carbons (Fsp3) is 0.118. The van der Waals surface area contributed by atoms with Gasteiger partial charge in [0.15, 0.2) is 0 Å². The molecule has 2 nitrogen and oxygen atoms in total. The number of ether oxygens (including phenoxy) is 1. The van der Waals surface area contributed by atoms with Crippen LogP contribution >= 0.6 is 0 Å². The summed E-state index contributed by atoms with van der Waals surface area (Å²) in [7, 11) is 1.32. The standard InChI is InChI=1S/C17H14O2/c1-19-17(18)16-14-8-4-2-6-12(14)10-11-13-7-3-5-9-15(13)16/h2-11,16H,1H3/i16D. The third-order valence-corrected chi connectivity index (χ3v) is 3.29. The van der Waals surface area contributed by atoms with Gasteiger partial charge in [-0.05, 0) is 22.3 Å². The van der Waals surface area contributed by atoms with Gasteiger partial charge in [-0.1, -0.05) is 60.7 Å². The maximum absolute atomic E-state index is 12.3. The van der Waals surface area contributed by atoms with Crippen LogP contribution in [0.5, 0.6) is 0 Å². The quantitative estimate of drug-likeness (QED) is 0.725. The molecule has 0 N–H and O–H groups in total. The van der Waals surface area contributed by atoms with Crippen molar-refractivity contribution in [3.05, 3.63) is 70.8 Å². The van der Waals surface area contributed by atoms with E-state index in [4.69, 9.17) is 6.11 Å². The number of rotatable bonds is 1. The normalized spacial score (nSPS) is 15.7. The van der Waals surface area contributed by atoms with Gasteiger partial charge in [-0.3, -0.25) is 4.79 Å². The number of hydrogen-bond acceptors (Lipinski definition) is 2. The van der Waals surface area contributed by atoms with Crippen LogP contribution in [0.3, 0.4) is 0 Å². The van der Waals surface area contributed by atoms with Crippen molar-refractivity contribution in [2.45, 2.75) is 5.89 Å². The lowest BCUT2D eigenvalue weighted by molar-refractivity contribution is -0.141. The van der Waals surface area contributed by atoms with Crippen LogP contribution in [-0.2, 0) is 9.53 Å². The van der Waals surface area contributed by atoms with Crippen LogP contribution in [0, 0.1) is 0 Å². The lowest BCUT2D eigenvalue weighted by Crippen LogP contribution is -2.16. The van der Waals surface area contributed by atoms with Crippen molar-refractivity contribution in [3.63, 3.8) is 0 Å². The van der Waals surface area contributed by atoms with Crippen molar-refractivity contribution < 1.29 is 10.9 Å². The summed E-state index contributed by atoms with van der Waals surface area (Å²) in [6.07, 6.45) is 3.88. The first-order valence-electron chi connectivity index (χ1n) is 6.63. The Morgan fingerprint density at radius 1 is 1.00 bits per heavy atom. The van der Waals surface area contributed by atoms with Crippen molar-refractivity contribution in [1.29, 1.82) is 0 Å². The summed E-state index contributed by atoms with van der Waals surface area (Å²) in [5.74, 6) is -2.10. The molecule has 0 saturated heterocycles. The molecule has 0 aromatic heterocycles. The maximum Gasteiger partial charge on any atom is 0.317 e. The van der Waals surface area contributed by atoms with Crippen molar-refractivity contribution in [1.82, 2.24) is 0 Å². The fourth-order valence-corrected chi connectivity index (χ4v) is 2.39. The number of carbonyl (C=O) groups is 1. The van der Waals surface area contributed by atoms with Crippen molar-refractivity contribution >= 4 is 18.1 Å². The molecule has 0 amide bonds. The molecule has 2 aromatic carbocycles. The third-order valence-electron chi connectivity index (χ3n) is 3.29. The van der Waals surface area contributed by atoms with E-state index in [-0.39, 0.29) is 0 Å². The molecule has 0 radical (unpaired) electrons. The van der Waals surface area contributed by atoms with E-state index in [9.17, 15) is 4.79 Å². The zero-order valence-electron chi connectivity index (χ0n) is 11.6. The molecule has 0 fully saturated rings. The van der Waals surface area contributed by atoms with Gasteiger partial charge in [-0.2, -0.15) is 0 Å². The molecule has 3 rings (SSSR count). The zero-order valence-corrected chi connectivity index (χ0v) is 10.6.